The van der Waals surface area contributed by atoms with Crippen LogP contribution in [0, 0.1) is 6.92 Å². The molecule has 1 unspecified atom stereocenters. The van der Waals surface area contributed by atoms with Crippen LogP contribution in [0.25, 0.3) is 10.9 Å². The fourth-order valence-electron chi connectivity index (χ4n) is 4.39. The molecule has 0 aliphatic rings. The van der Waals surface area contributed by atoms with Crippen molar-refractivity contribution in [2.24, 2.45) is 0 Å². The summed E-state index contributed by atoms with van der Waals surface area (Å²) < 4.78 is 7.75. The molecule has 0 radical (unpaired) electrons. The van der Waals surface area contributed by atoms with Crippen molar-refractivity contribution in [2.45, 2.75) is 59.1 Å². The summed E-state index contributed by atoms with van der Waals surface area (Å²) >= 11 is 0. The van der Waals surface area contributed by atoms with Crippen molar-refractivity contribution >= 4 is 16.9 Å². The maximum atomic E-state index is 13.5. The number of aliphatic carboxylic acids is 1. The maximum Gasteiger partial charge on any atom is 0.349 e. The molecule has 0 bridgehead atoms. The summed E-state index contributed by atoms with van der Waals surface area (Å²) in [5, 5.41) is 10.4. The third-order valence-electron chi connectivity index (χ3n) is 6.36. The normalized spacial score (nSPS) is 12.0. The molecule has 1 aromatic heterocycles. The molecule has 0 fully saturated rings. The van der Waals surface area contributed by atoms with Crippen LogP contribution >= 0.6 is 0 Å². The second kappa shape index (κ2) is 11.2. The summed E-state index contributed by atoms with van der Waals surface area (Å²) in [6, 6.07) is 20.4. The van der Waals surface area contributed by atoms with E-state index in [0.29, 0.717) is 29.7 Å². The van der Waals surface area contributed by atoms with Gasteiger partial charge in [-0.1, -0.05) is 74.4 Å². The van der Waals surface area contributed by atoms with Crippen LogP contribution in [0.2, 0.25) is 0 Å². The Kier molecular flexibility index (Phi) is 7.84. The van der Waals surface area contributed by atoms with E-state index >= 15 is 0 Å². The lowest BCUT2D eigenvalue weighted by atomic mass is 10.1. The van der Waals surface area contributed by atoms with Crippen molar-refractivity contribution < 1.29 is 14.6 Å². The molecule has 0 spiro atoms. The van der Waals surface area contributed by atoms with Crippen LogP contribution in [0.4, 0.5) is 0 Å². The zero-order valence-electron chi connectivity index (χ0n) is 21.0. The highest BCUT2D eigenvalue weighted by Gasteiger charge is 2.23. The van der Waals surface area contributed by atoms with Crippen molar-refractivity contribution in [1.29, 1.82) is 0 Å². The van der Waals surface area contributed by atoms with E-state index in [0.717, 1.165) is 47.3 Å². The monoisotopic (exact) mass is 484 g/mol. The Labute approximate surface area is 211 Å². The first kappa shape index (κ1) is 25.2. The minimum Gasteiger partial charge on any atom is -0.478 e. The smallest absolute Gasteiger partial charge is 0.349 e. The third-order valence-corrected chi connectivity index (χ3v) is 6.36. The van der Waals surface area contributed by atoms with Gasteiger partial charge in [0.05, 0.1) is 17.4 Å². The lowest BCUT2D eigenvalue weighted by Crippen LogP contribution is -2.26. The van der Waals surface area contributed by atoms with Crippen molar-refractivity contribution in [2.75, 3.05) is 0 Å². The van der Waals surface area contributed by atoms with E-state index in [1.807, 2.05) is 56.3 Å². The Morgan fingerprint density at radius 3 is 2.53 bits per heavy atom. The van der Waals surface area contributed by atoms with Crippen molar-refractivity contribution in [3.63, 3.8) is 0 Å². The van der Waals surface area contributed by atoms with Crippen molar-refractivity contribution in [3.05, 3.63) is 105 Å². The van der Waals surface area contributed by atoms with E-state index in [2.05, 4.69) is 6.92 Å². The average molecular weight is 485 g/mol. The van der Waals surface area contributed by atoms with Gasteiger partial charge in [0, 0.05) is 12.0 Å². The van der Waals surface area contributed by atoms with E-state index in [1.165, 1.54) is 0 Å². The number of carboxylic acid groups (broad SMARTS) is 1. The van der Waals surface area contributed by atoms with E-state index in [-0.39, 0.29) is 5.56 Å². The standard InChI is InChI=1S/C30H32N2O4/c1-4-6-12-27-31-25-15-13-20(3)17-24(25)29(33)32(27)19-21-14-16-26(22(5-2)18-21)36-28(30(34)35)23-10-8-7-9-11-23/h7-11,13-18,28H,4-6,12,19H2,1-3H3,(H,34,35). The van der Waals surface area contributed by atoms with Crippen LogP contribution in [0.5, 0.6) is 5.75 Å². The SMILES string of the molecule is CCCCc1nc2ccc(C)cc2c(=O)n1Cc1ccc(OC(C(=O)O)c2ccccc2)c(CC)c1. The molecule has 0 saturated carbocycles. The van der Waals surface area contributed by atoms with Gasteiger partial charge in [-0.3, -0.25) is 9.36 Å². The van der Waals surface area contributed by atoms with Gasteiger partial charge in [0.1, 0.15) is 11.6 Å². The van der Waals surface area contributed by atoms with Crippen LogP contribution in [0.1, 0.15) is 60.9 Å². The molecule has 0 saturated heterocycles. The number of carboxylic acids is 1. The van der Waals surface area contributed by atoms with Crippen LogP contribution in [0.3, 0.4) is 0 Å². The highest BCUT2D eigenvalue weighted by Crippen LogP contribution is 2.28. The van der Waals surface area contributed by atoms with E-state index in [4.69, 9.17) is 9.72 Å². The topological polar surface area (TPSA) is 81.4 Å². The molecule has 6 nitrogen and oxygen atoms in total. The summed E-state index contributed by atoms with van der Waals surface area (Å²) in [6.45, 7) is 6.49. The predicted octanol–water partition coefficient (Wildman–Crippen LogP) is 5.86. The number of ether oxygens (including phenoxy) is 1. The lowest BCUT2D eigenvalue weighted by Gasteiger charge is -2.19. The second-order valence-electron chi connectivity index (χ2n) is 9.09. The number of aromatic nitrogens is 2. The van der Waals surface area contributed by atoms with Gasteiger partial charge in [-0.25, -0.2) is 9.78 Å². The summed E-state index contributed by atoms with van der Waals surface area (Å²) in [5.41, 5.74) is 4.13. The molecule has 0 amide bonds. The van der Waals surface area contributed by atoms with Crippen molar-refractivity contribution in [1.82, 2.24) is 9.55 Å². The Hall–Kier alpha value is -3.93. The molecule has 4 aromatic rings. The van der Waals surface area contributed by atoms with E-state index in [1.54, 1.807) is 28.8 Å². The summed E-state index contributed by atoms with van der Waals surface area (Å²) in [5.74, 6) is 0.270. The molecule has 1 heterocycles. The Morgan fingerprint density at radius 1 is 1.06 bits per heavy atom. The summed E-state index contributed by atoms with van der Waals surface area (Å²) in [7, 11) is 0. The Bertz CT molecular complexity index is 1430. The number of rotatable bonds is 10. The first-order valence-electron chi connectivity index (χ1n) is 12.5. The Balaban J connectivity index is 1.69. The van der Waals surface area contributed by atoms with Gasteiger partial charge < -0.3 is 9.84 Å². The van der Waals surface area contributed by atoms with Crippen molar-refractivity contribution in [3.8, 4) is 5.75 Å². The maximum absolute atomic E-state index is 13.5. The number of nitrogens with zero attached hydrogens (tertiary/aromatic N) is 2. The molecule has 1 atom stereocenters. The van der Waals surface area contributed by atoms with Crippen LogP contribution in [-0.2, 0) is 24.2 Å². The molecular weight excluding hydrogens is 452 g/mol. The molecule has 3 aromatic carbocycles. The number of hydrogen-bond acceptors (Lipinski definition) is 4. The first-order chi connectivity index (χ1) is 17.4. The largest absolute Gasteiger partial charge is 0.478 e. The minimum absolute atomic E-state index is 0.0387. The molecule has 0 aliphatic heterocycles. The number of fused-ring (bicyclic) bond motifs is 1. The van der Waals surface area contributed by atoms with Gasteiger partial charge in [0.25, 0.3) is 5.56 Å². The van der Waals surface area contributed by atoms with E-state index < -0.39 is 12.1 Å². The molecule has 1 N–H and O–H groups in total. The number of hydrogen-bond donors (Lipinski definition) is 1. The predicted molar refractivity (Wildman–Crippen MR) is 142 cm³/mol. The number of benzene rings is 3. The number of aryl methyl sites for hydroxylation is 3. The minimum atomic E-state index is -1.10. The molecular formula is C30H32N2O4. The van der Waals surface area contributed by atoms with Gasteiger partial charge >= 0.3 is 5.97 Å². The summed E-state index contributed by atoms with van der Waals surface area (Å²) in [4.78, 5) is 30.3. The zero-order valence-corrected chi connectivity index (χ0v) is 21.0. The van der Waals surface area contributed by atoms with Gasteiger partial charge in [-0.15, -0.1) is 0 Å². The van der Waals surface area contributed by atoms with Gasteiger partial charge in [0.15, 0.2) is 0 Å². The Morgan fingerprint density at radius 2 is 1.83 bits per heavy atom. The molecule has 6 heteroatoms. The third kappa shape index (κ3) is 5.48. The molecule has 0 aliphatic carbocycles. The van der Waals surface area contributed by atoms with Gasteiger partial charge in [0.2, 0.25) is 6.10 Å². The van der Waals surface area contributed by atoms with Crippen LogP contribution in [0.15, 0.2) is 71.5 Å². The number of carbonyl (C=O) groups is 1. The molecule has 4 rings (SSSR count). The summed E-state index contributed by atoms with van der Waals surface area (Å²) in [6.07, 6.45) is 2.26. The van der Waals surface area contributed by atoms with Crippen LogP contribution in [-0.4, -0.2) is 20.6 Å². The molecule has 36 heavy (non-hydrogen) atoms. The number of unbranched alkanes of at least 4 members (excludes halogenated alkanes) is 1. The van der Waals surface area contributed by atoms with E-state index in [9.17, 15) is 14.7 Å². The van der Waals surface area contributed by atoms with Gasteiger partial charge in [-0.2, -0.15) is 0 Å². The second-order valence-corrected chi connectivity index (χ2v) is 9.09. The highest BCUT2D eigenvalue weighted by molar-refractivity contribution is 5.78. The highest BCUT2D eigenvalue weighted by atomic mass is 16.5. The lowest BCUT2D eigenvalue weighted by molar-refractivity contribution is -0.145. The average Bonchev–Trinajstić information content (AvgIpc) is 2.89. The quantitative estimate of drug-likeness (QED) is 0.305. The first-order valence-corrected chi connectivity index (χ1v) is 12.5. The molecule has 186 valence electrons. The fourth-order valence-corrected chi connectivity index (χ4v) is 4.39. The van der Waals surface area contributed by atoms with Gasteiger partial charge in [-0.05, 0) is 49.1 Å². The zero-order chi connectivity index (χ0) is 25.7. The van der Waals surface area contributed by atoms with Crippen LogP contribution < -0.4 is 10.3 Å². The fraction of sp³-hybridized carbons (Fsp3) is 0.300.